The van der Waals surface area contributed by atoms with Gasteiger partial charge in [-0.2, -0.15) is 5.10 Å². The minimum Gasteiger partial charge on any atom is -0.366 e. The number of allylic oxidation sites excluding steroid dienone is 3. The second kappa shape index (κ2) is 6.57. The number of hydrogen-bond donors (Lipinski definition) is 1. The molecule has 25 heavy (non-hydrogen) atoms. The number of fused-ring (bicyclic) bond motifs is 1. The zero-order valence-electron chi connectivity index (χ0n) is 13.8. The third-order valence-electron chi connectivity index (χ3n) is 4.99. The van der Waals surface area contributed by atoms with E-state index in [1.54, 1.807) is 34.6 Å². The number of amides is 2. The molecule has 0 aromatic carbocycles. The molecule has 1 aromatic rings. The van der Waals surface area contributed by atoms with E-state index in [2.05, 4.69) is 27.5 Å². The zero-order chi connectivity index (χ0) is 17.4. The van der Waals surface area contributed by atoms with Crippen LogP contribution in [0.2, 0.25) is 0 Å². The van der Waals surface area contributed by atoms with Crippen LogP contribution >= 0.6 is 11.3 Å². The van der Waals surface area contributed by atoms with Gasteiger partial charge in [0.1, 0.15) is 5.92 Å². The summed E-state index contributed by atoms with van der Waals surface area (Å²) in [5, 5.41) is 8.19. The summed E-state index contributed by atoms with van der Waals surface area (Å²) >= 11 is 1.77. The van der Waals surface area contributed by atoms with Crippen LogP contribution in [0.1, 0.15) is 17.7 Å². The summed E-state index contributed by atoms with van der Waals surface area (Å²) in [7, 11) is 0. The van der Waals surface area contributed by atoms with Crippen molar-refractivity contribution in [2.45, 2.75) is 25.4 Å². The molecule has 6 nitrogen and oxygen atoms in total. The normalized spacial score (nSPS) is 24.2. The quantitative estimate of drug-likeness (QED) is 0.888. The summed E-state index contributed by atoms with van der Waals surface area (Å²) in [5.74, 6) is -1.30. The van der Waals surface area contributed by atoms with E-state index >= 15 is 0 Å². The van der Waals surface area contributed by atoms with Crippen molar-refractivity contribution in [3.63, 3.8) is 0 Å². The van der Waals surface area contributed by atoms with Crippen molar-refractivity contribution in [1.82, 2.24) is 9.91 Å². The standard InChI is InChI=1S/C18H20N4O2S/c19-17(23)14-4-1-5-15-16(14)18(24)22(20-15)12-6-8-21(9-7-12)11-13-3-2-10-25-13/h1-5,10,12,16H,6-9,11H2,(H2,19,23). The lowest BCUT2D eigenvalue weighted by atomic mass is 9.89. The van der Waals surface area contributed by atoms with Gasteiger partial charge >= 0.3 is 0 Å². The zero-order valence-corrected chi connectivity index (χ0v) is 14.6. The van der Waals surface area contributed by atoms with E-state index < -0.39 is 11.8 Å². The first-order chi connectivity index (χ1) is 12.1. The van der Waals surface area contributed by atoms with E-state index in [9.17, 15) is 9.59 Å². The summed E-state index contributed by atoms with van der Waals surface area (Å²) in [4.78, 5) is 28.2. The lowest BCUT2D eigenvalue weighted by molar-refractivity contribution is -0.135. The molecule has 1 fully saturated rings. The molecule has 2 N–H and O–H groups in total. The molecule has 0 spiro atoms. The Bertz CT molecular complexity index is 773. The van der Waals surface area contributed by atoms with Crippen molar-refractivity contribution >= 4 is 28.9 Å². The van der Waals surface area contributed by atoms with Crippen LogP contribution < -0.4 is 5.73 Å². The number of carbonyl (C=O) groups excluding carboxylic acids is 2. The maximum absolute atomic E-state index is 12.8. The number of nitrogens with two attached hydrogens (primary N) is 1. The molecule has 1 unspecified atom stereocenters. The van der Waals surface area contributed by atoms with E-state index in [1.807, 2.05) is 0 Å². The number of piperidine rings is 1. The highest BCUT2D eigenvalue weighted by atomic mass is 32.1. The summed E-state index contributed by atoms with van der Waals surface area (Å²) in [5.41, 5.74) is 6.38. The predicted molar refractivity (Wildman–Crippen MR) is 96.8 cm³/mol. The maximum Gasteiger partial charge on any atom is 0.256 e. The number of nitrogens with zero attached hydrogens (tertiary/aromatic N) is 3. The summed E-state index contributed by atoms with van der Waals surface area (Å²) in [6.45, 7) is 2.85. The van der Waals surface area contributed by atoms with Crippen LogP contribution in [0.5, 0.6) is 0 Å². The smallest absolute Gasteiger partial charge is 0.256 e. The molecule has 1 saturated heterocycles. The van der Waals surface area contributed by atoms with Crippen LogP contribution in [0.15, 0.2) is 46.4 Å². The minimum atomic E-state index is -0.619. The SMILES string of the molecule is NC(=O)C1=CC=CC2=NN(C3CCN(Cc4cccs4)CC3)C(=O)C12. The number of thiophene rings is 1. The van der Waals surface area contributed by atoms with Crippen LogP contribution in [-0.2, 0) is 16.1 Å². The van der Waals surface area contributed by atoms with Crippen LogP contribution in [-0.4, -0.2) is 46.6 Å². The first-order valence-corrected chi connectivity index (χ1v) is 9.36. The van der Waals surface area contributed by atoms with Crippen molar-refractivity contribution in [2.24, 2.45) is 16.8 Å². The highest BCUT2D eigenvalue weighted by Crippen LogP contribution is 2.31. The molecule has 0 bridgehead atoms. The van der Waals surface area contributed by atoms with E-state index in [4.69, 9.17) is 5.73 Å². The highest BCUT2D eigenvalue weighted by molar-refractivity contribution is 7.09. The number of rotatable bonds is 4. The van der Waals surface area contributed by atoms with Gasteiger partial charge in [-0.25, -0.2) is 5.01 Å². The van der Waals surface area contributed by atoms with Gasteiger partial charge in [0, 0.05) is 30.1 Å². The van der Waals surface area contributed by atoms with Gasteiger partial charge in [-0.3, -0.25) is 14.5 Å². The van der Waals surface area contributed by atoms with Gasteiger partial charge in [-0.15, -0.1) is 11.3 Å². The Morgan fingerprint density at radius 3 is 2.84 bits per heavy atom. The predicted octanol–water partition coefficient (Wildman–Crippen LogP) is 1.51. The van der Waals surface area contributed by atoms with Crippen molar-refractivity contribution in [3.8, 4) is 0 Å². The number of primary amides is 1. The molecule has 4 rings (SSSR count). The lowest BCUT2D eigenvalue weighted by Crippen LogP contribution is -2.45. The summed E-state index contributed by atoms with van der Waals surface area (Å²) in [6.07, 6.45) is 6.92. The largest absolute Gasteiger partial charge is 0.366 e. The maximum atomic E-state index is 12.8. The third-order valence-corrected chi connectivity index (χ3v) is 5.85. The Morgan fingerprint density at radius 1 is 1.36 bits per heavy atom. The van der Waals surface area contributed by atoms with E-state index in [-0.39, 0.29) is 11.9 Å². The molecule has 1 aromatic heterocycles. The molecular formula is C18H20N4O2S. The number of carbonyl (C=O) groups is 2. The molecule has 3 heterocycles. The van der Waals surface area contributed by atoms with Crippen LogP contribution in [0.4, 0.5) is 0 Å². The monoisotopic (exact) mass is 356 g/mol. The average Bonchev–Trinajstić information content (AvgIpc) is 3.24. The summed E-state index contributed by atoms with van der Waals surface area (Å²) < 4.78 is 0. The Labute approximate surface area is 150 Å². The van der Waals surface area contributed by atoms with E-state index in [1.165, 1.54) is 4.88 Å². The van der Waals surface area contributed by atoms with Crippen molar-refractivity contribution in [3.05, 3.63) is 46.2 Å². The number of hydrogen-bond acceptors (Lipinski definition) is 5. The van der Waals surface area contributed by atoms with Crippen molar-refractivity contribution in [1.29, 1.82) is 0 Å². The van der Waals surface area contributed by atoms with Gasteiger partial charge in [0.25, 0.3) is 5.91 Å². The number of hydrazone groups is 1. The topological polar surface area (TPSA) is 79.0 Å². The fourth-order valence-electron chi connectivity index (χ4n) is 3.69. The minimum absolute atomic E-state index is 0.0905. The van der Waals surface area contributed by atoms with Crippen LogP contribution in [0, 0.1) is 5.92 Å². The third kappa shape index (κ3) is 3.05. The van der Waals surface area contributed by atoms with E-state index in [0.717, 1.165) is 32.5 Å². The average molecular weight is 356 g/mol. The van der Waals surface area contributed by atoms with Crippen LogP contribution in [0.3, 0.4) is 0 Å². The van der Waals surface area contributed by atoms with Gasteiger partial charge in [-0.05, 0) is 30.4 Å². The van der Waals surface area contributed by atoms with Gasteiger partial charge in [0.05, 0.1) is 11.8 Å². The molecule has 7 heteroatoms. The van der Waals surface area contributed by atoms with Crippen molar-refractivity contribution < 1.29 is 9.59 Å². The Kier molecular flexibility index (Phi) is 4.27. The van der Waals surface area contributed by atoms with Gasteiger partial charge < -0.3 is 5.73 Å². The number of likely N-dealkylation sites (tertiary alicyclic amines) is 1. The Balaban J connectivity index is 1.42. The fourth-order valence-corrected chi connectivity index (χ4v) is 4.44. The molecule has 0 saturated carbocycles. The fraction of sp³-hybridized carbons (Fsp3) is 0.389. The summed E-state index contributed by atoms with van der Waals surface area (Å²) in [6, 6.07) is 4.32. The molecule has 1 atom stereocenters. The molecular weight excluding hydrogens is 336 g/mol. The molecule has 3 aliphatic rings. The first kappa shape index (κ1) is 16.2. The van der Waals surface area contributed by atoms with Crippen LogP contribution in [0.25, 0.3) is 0 Å². The lowest BCUT2D eigenvalue weighted by Gasteiger charge is -2.34. The molecule has 0 radical (unpaired) electrons. The van der Waals surface area contributed by atoms with Gasteiger partial charge in [0.2, 0.25) is 5.91 Å². The van der Waals surface area contributed by atoms with E-state index in [0.29, 0.717) is 11.3 Å². The van der Waals surface area contributed by atoms with Gasteiger partial charge in [0.15, 0.2) is 0 Å². The Morgan fingerprint density at radius 2 is 2.16 bits per heavy atom. The second-order valence-electron chi connectivity index (χ2n) is 6.57. The highest BCUT2D eigenvalue weighted by Gasteiger charge is 2.43. The molecule has 130 valence electrons. The Hall–Kier alpha value is -2.25. The van der Waals surface area contributed by atoms with Gasteiger partial charge in [-0.1, -0.05) is 18.2 Å². The molecule has 2 amide bonds. The second-order valence-corrected chi connectivity index (χ2v) is 7.60. The first-order valence-electron chi connectivity index (χ1n) is 8.48. The molecule has 1 aliphatic carbocycles. The molecule has 2 aliphatic heterocycles. The van der Waals surface area contributed by atoms with Crippen molar-refractivity contribution in [2.75, 3.05) is 13.1 Å².